The molecule has 27 heavy (non-hydrogen) atoms. The lowest BCUT2D eigenvalue weighted by molar-refractivity contribution is 0.102. The van der Waals surface area contributed by atoms with E-state index in [9.17, 15) is 9.18 Å². The molecule has 0 atom stereocenters. The van der Waals surface area contributed by atoms with Gasteiger partial charge in [0.05, 0.1) is 17.8 Å². The van der Waals surface area contributed by atoms with Gasteiger partial charge in [-0.3, -0.25) is 4.79 Å². The third kappa shape index (κ3) is 4.57. The van der Waals surface area contributed by atoms with Gasteiger partial charge >= 0.3 is 0 Å². The molecule has 1 amide bonds. The van der Waals surface area contributed by atoms with E-state index in [0.29, 0.717) is 11.5 Å². The number of benzene rings is 3. The van der Waals surface area contributed by atoms with Crippen molar-refractivity contribution >= 4 is 23.2 Å². The van der Waals surface area contributed by atoms with Crippen molar-refractivity contribution in [3.05, 3.63) is 88.7 Å². The number of methoxy groups -OCH3 is 1. The molecule has 1 N–H and O–H groups in total. The second kappa shape index (κ2) is 8.56. The Morgan fingerprint density at radius 1 is 1.07 bits per heavy atom. The summed E-state index contributed by atoms with van der Waals surface area (Å²) in [7, 11) is 1.47. The topological polar surface area (TPSA) is 47.6 Å². The smallest absolute Gasteiger partial charge is 0.255 e. The van der Waals surface area contributed by atoms with Crippen molar-refractivity contribution < 1.29 is 18.7 Å². The predicted octanol–water partition coefficient (Wildman–Crippen LogP) is 5.32. The van der Waals surface area contributed by atoms with Crippen molar-refractivity contribution in [1.29, 1.82) is 0 Å². The minimum absolute atomic E-state index is 0.0844. The monoisotopic (exact) mass is 385 g/mol. The number of para-hydroxylation sites is 1. The van der Waals surface area contributed by atoms with Crippen LogP contribution in [0.2, 0.25) is 5.02 Å². The molecule has 0 fully saturated rings. The number of hydrogen-bond acceptors (Lipinski definition) is 3. The number of carbonyl (C=O) groups excluding carboxylic acids is 1. The fourth-order valence-electron chi connectivity index (χ4n) is 2.50. The molecule has 0 unspecified atom stereocenters. The van der Waals surface area contributed by atoms with E-state index >= 15 is 0 Å². The van der Waals surface area contributed by atoms with Gasteiger partial charge in [0.15, 0.2) is 11.5 Å². The van der Waals surface area contributed by atoms with Crippen LogP contribution in [0.1, 0.15) is 15.9 Å². The van der Waals surface area contributed by atoms with Crippen molar-refractivity contribution in [1.82, 2.24) is 0 Å². The van der Waals surface area contributed by atoms with Crippen LogP contribution >= 0.6 is 11.6 Å². The Balaban J connectivity index is 1.84. The van der Waals surface area contributed by atoms with Gasteiger partial charge in [-0.1, -0.05) is 54.1 Å². The van der Waals surface area contributed by atoms with Gasteiger partial charge in [0.1, 0.15) is 12.4 Å². The fourth-order valence-corrected chi connectivity index (χ4v) is 2.78. The summed E-state index contributed by atoms with van der Waals surface area (Å²) in [6, 6.07) is 18.5. The lowest BCUT2D eigenvalue weighted by Crippen LogP contribution is -2.13. The molecular weight excluding hydrogens is 369 g/mol. The van der Waals surface area contributed by atoms with E-state index in [1.165, 1.54) is 31.4 Å². The van der Waals surface area contributed by atoms with E-state index < -0.39 is 11.7 Å². The highest BCUT2D eigenvalue weighted by Gasteiger charge is 2.17. The number of anilines is 1. The van der Waals surface area contributed by atoms with E-state index in [1.807, 2.05) is 30.3 Å². The number of halogens is 2. The van der Waals surface area contributed by atoms with E-state index in [1.54, 1.807) is 12.1 Å². The highest BCUT2D eigenvalue weighted by molar-refractivity contribution is 6.32. The summed E-state index contributed by atoms with van der Waals surface area (Å²) in [5, 5.41) is 2.75. The van der Waals surface area contributed by atoms with Crippen LogP contribution in [0.4, 0.5) is 10.1 Å². The first kappa shape index (κ1) is 18.7. The third-order valence-electron chi connectivity index (χ3n) is 3.84. The number of amides is 1. The maximum Gasteiger partial charge on any atom is 0.255 e. The summed E-state index contributed by atoms with van der Waals surface area (Å²) < 4.78 is 24.9. The normalized spacial score (nSPS) is 10.3. The Morgan fingerprint density at radius 2 is 1.78 bits per heavy atom. The SMILES string of the molecule is COc1c(Cl)cc(C(=O)Nc2ccccc2F)cc1OCc1ccccc1. The molecule has 0 saturated heterocycles. The zero-order valence-electron chi connectivity index (χ0n) is 14.5. The Hall–Kier alpha value is -3.05. The molecule has 0 bridgehead atoms. The van der Waals surface area contributed by atoms with Gasteiger partial charge < -0.3 is 14.8 Å². The number of ether oxygens (including phenoxy) is 2. The molecule has 0 heterocycles. The second-order valence-electron chi connectivity index (χ2n) is 5.70. The lowest BCUT2D eigenvalue weighted by Gasteiger charge is -2.14. The van der Waals surface area contributed by atoms with Crippen molar-refractivity contribution in [2.75, 3.05) is 12.4 Å². The molecule has 0 aliphatic rings. The van der Waals surface area contributed by atoms with Gasteiger partial charge in [-0.25, -0.2) is 4.39 Å². The van der Waals surface area contributed by atoms with E-state index in [0.717, 1.165) is 5.56 Å². The molecule has 3 rings (SSSR count). The maximum absolute atomic E-state index is 13.8. The molecule has 0 radical (unpaired) electrons. The second-order valence-corrected chi connectivity index (χ2v) is 6.10. The molecule has 0 aliphatic carbocycles. The molecule has 138 valence electrons. The van der Waals surface area contributed by atoms with Crippen molar-refractivity contribution in [2.24, 2.45) is 0 Å². The summed E-state index contributed by atoms with van der Waals surface area (Å²) in [4.78, 5) is 12.5. The van der Waals surface area contributed by atoms with Gasteiger partial charge in [0, 0.05) is 5.56 Å². The molecule has 0 aliphatic heterocycles. The molecule has 0 spiro atoms. The van der Waals surface area contributed by atoms with Crippen LogP contribution in [0.25, 0.3) is 0 Å². The van der Waals surface area contributed by atoms with E-state index in [4.69, 9.17) is 21.1 Å². The van der Waals surface area contributed by atoms with Crippen LogP contribution in [0.5, 0.6) is 11.5 Å². The lowest BCUT2D eigenvalue weighted by atomic mass is 10.1. The first-order valence-electron chi connectivity index (χ1n) is 8.18. The summed E-state index contributed by atoms with van der Waals surface area (Å²) in [5.41, 5.74) is 1.27. The predicted molar refractivity (Wildman–Crippen MR) is 103 cm³/mol. The van der Waals surface area contributed by atoms with Crippen LogP contribution in [0.3, 0.4) is 0 Å². The molecule has 3 aromatic rings. The molecule has 0 aromatic heterocycles. The Bertz CT molecular complexity index is 947. The molecule has 6 heteroatoms. The maximum atomic E-state index is 13.8. The molecule has 3 aromatic carbocycles. The quantitative estimate of drug-likeness (QED) is 0.624. The third-order valence-corrected chi connectivity index (χ3v) is 4.12. The summed E-state index contributed by atoms with van der Waals surface area (Å²) in [5.74, 6) is -0.372. The highest BCUT2D eigenvalue weighted by Crippen LogP contribution is 2.37. The molecular formula is C21H17ClFNO3. The van der Waals surface area contributed by atoms with Gasteiger partial charge in [0.25, 0.3) is 5.91 Å². The standard InChI is InChI=1S/C21H17ClFNO3/c1-26-20-16(22)11-15(21(25)24-18-10-6-5-9-17(18)23)12-19(20)27-13-14-7-3-2-4-8-14/h2-12H,13H2,1H3,(H,24,25). The van der Waals surface area contributed by atoms with Gasteiger partial charge in [-0.15, -0.1) is 0 Å². The summed E-state index contributed by atoms with van der Waals surface area (Å²) in [6.07, 6.45) is 0. The summed E-state index contributed by atoms with van der Waals surface area (Å²) in [6.45, 7) is 0.284. The average molecular weight is 386 g/mol. The van der Waals surface area contributed by atoms with Crippen LogP contribution in [0, 0.1) is 5.82 Å². The zero-order valence-corrected chi connectivity index (χ0v) is 15.3. The van der Waals surface area contributed by atoms with Crippen LogP contribution < -0.4 is 14.8 Å². The van der Waals surface area contributed by atoms with Crippen molar-refractivity contribution in [3.63, 3.8) is 0 Å². The molecule has 4 nitrogen and oxygen atoms in total. The number of rotatable bonds is 6. The van der Waals surface area contributed by atoms with E-state index in [-0.39, 0.29) is 22.9 Å². The summed E-state index contributed by atoms with van der Waals surface area (Å²) >= 11 is 6.24. The van der Waals surface area contributed by atoms with Crippen molar-refractivity contribution in [3.8, 4) is 11.5 Å². The Labute approximate surface area is 161 Å². The van der Waals surface area contributed by atoms with Gasteiger partial charge in [-0.2, -0.15) is 0 Å². The highest BCUT2D eigenvalue weighted by atomic mass is 35.5. The van der Waals surface area contributed by atoms with E-state index in [2.05, 4.69) is 5.32 Å². The number of hydrogen-bond donors (Lipinski definition) is 1. The first-order valence-corrected chi connectivity index (χ1v) is 8.56. The van der Waals surface area contributed by atoms with Crippen LogP contribution in [0.15, 0.2) is 66.7 Å². The van der Waals surface area contributed by atoms with Crippen molar-refractivity contribution in [2.45, 2.75) is 6.61 Å². The minimum Gasteiger partial charge on any atom is -0.491 e. The van der Waals surface area contributed by atoms with Crippen LogP contribution in [-0.4, -0.2) is 13.0 Å². The van der Waals surface area contributed by atoms with Crippen LogP contribution in [-0.2, 0) is 6.61 Å². The Morgan fingerprint density at radius 3 is 2.48 bits per heavy atom. The molecule has 0 saturated carbocycles. The number of nitrogens with one attached hydrogen (secondary N) is 1. The Kier molecular flexibility index (Phi) is 5.94. The van der Waals surface area contributed by atoms with Gasteiger partial charge in [0.2, 0.25) is 0 Å². The zero-order chi connectivity index (χ0) is 19.2. The number of carbonyl (C=O) groups is 1. The fraction of sp³-hybridized carbons (Fsp3) is 0.0952. The largest absolute Gasteiger partial charge is 0.491 e. The van der Waals surface area contributed by atoms with Gasteiger partial charge in [-0.05, 0) is 29.8 Å². The minimum atomic E-state index is -0.522. The first-order chi connectivity index (χ1) is 13.1. The average Bonchev–Trinajstić information content (AvgIpc) is 2.68.